The lowest BCUT2D eigenvalue weighted by atomic mass is 9.78. The number of esters is 1. The number of benzene rings is 2. The van der Waals surface area contributed by atoms with Gasteiger partial charge in [-0.15, -0.1) is 0 Å². The second kappa shape index (κ2) is 8.92. The lowest BCUT2D eigenvalue weighted by molar-refractivity contribution is -0.125. The van der Waals surface area contributed by atoms with Gasteiger partial charge in [0.2, 0.25) is 0 Å². The van der Waals surface area contributed by atoms with Crippen molar-refractivity contribution in [2.75, 3.05) is 6.61 Å². The molecule has 1 fully saturated rings. The van der Waals surface area contributed by atoms with E-state index in [2.05, 4.69) is 24.1 Å². The maximum absolute atomic E-state index is 12.5. The van der Waals surface area contributed by atoms with Gasteiger partial charge in [0.1, 0.15) is 5.82 Å². The Morgan fingerprint density at radius 2 is 1.90 bits per heavy atom. The minimum atomic E-state index is -0.519. The Bertz CT molecular complexity index is 1090. The van der Waals surface area contributed by atoms with Crippen LogP contribution in [0.2, 0.25) is 0 Å². The standard InChI is InChI=1S/C25H29N3O3/c1-16-8-7-11-21(17(16)2)27-24(29)15-31-25(30)19-12-13-23-22(14-19)26-18(3)28(23)20-9-5-4-6-10-20/h4-6,9-10,12-14,16-17,21H,7-8,11,15H2,1-3H3,(H,27,29)/t16-,17+,21+/m1/s1. The highest BCUT2D eigenvalue weighted by atomic mass is 16.5. The topological polar surface area (TPSA) is 73.2 Å². The SMILES string of the molecule is Cc1nc2cc(C(=O)OCC(=O)N[C@H]3CCC[C@@H](C)[C@@H]3C)ccc2n1-c1ccccc1. The van der Waals surface area contributed by atoms with Crippen molar-refractivity contribution in [2.45, 2.75) is 46.1 Å². The number of aromatic nitrogens is 2. The van der Waals surface area contributed by atoms with Gasteiger partial charge in [0.15, 0.2) is 6.61 Å². The fraction of sp³-hybridized carbons (Fsp3) is 0.400. The van der Waals surface area contributed by atoms with Gasteiger partial charge < -0.3 is 10.1 Å². The first-order chi connectivity index (χ1) is 14.9. The molecule has 0 aliphatic heterocycles. The van der Waals surface area contributed by atoms with E-state index in [1.54, 1.807) is 12.1 Å². The number of imidazole rings is 1. The van der Waals surface area contributed by atoms with Crippen LogP contribution in [-0.2, 0) is 9.53 Å². The zero-order valence-corrected chi connectivity index (χ0v) is 18.3. The number of fused-ring (bicyclic) bond motifs is 1. The number of carbonyl (C=O) groups is 2. The number of amides is 1. The summed E-state index contributed by atoms with van der Waals surface area (Å²) in [6.07, 6.45) is 3.29. The molecule has 0 spiro atoms. The highest BCUT2D eigenvalue weighted by Gasteiger charge is 2.28. The maximum atomic E-state index is 12.5. The molecule has 1 N–H and O–H groups in total. The average Bonchev–Trinajstić information content (AvgIpc) is 3.10. The van der Waals surface area contributed by atoms with E-state index in [-0.39, 0.29) is 18.6 Å². The second-order valence-corrected chi connectivity index (χ2v) is 8.55. The van der Waals surface area contributed by atoms with E-state index in [1.165, 1.54) is 6.42 Å². The van der Waals surface area contributed by atoms with Gasteiger partial charge in [0.25, 0.3) is 5.91 Å². The fourth-order valence-electron chi connectivity index (χ4n) is 4.48. The Morgan fingerprint density at radius 3 is 2.68 bits per heavy atom. The number of nitrogens with one attached hydrogen (secondary N) is 1. The van der Waals surface area contributed by atoms with Crippen LogP contribution in [0, 0.1) is 18.8 Å². The highest BCUT2D eigenvalue weighted by molar-refractivity contribution is 5.95. The zero-order chi connectivity index (χ0) is 22.0. The van der Waals surface area contributed by atoms with Crippen molar-refractivity contribution in [3.05, 3.63) is 59.9 Å². The Morgan fingerprint density at radius 1 is 1.13 bits per heavy atom. The quantitative estimate of drug-likeness (QED) is 0.621. The number of hydrogen-bond acceptors (Lipinski definition) is 4. The van der Waals surface area contributed by atoms with Crippen LogP contribution in [0.1, 0.15) is 49.3 Å². The number of rotatable bonds is 5. The monoisotopic (exact) mass is 419 g/mol. The first-order valence-corrected chi connectivity index (χ1v) is 10.9. The number of carbonyl (C=O) groups excluding carboxylic acids is 2. The molecule has 0 saturated heterocycles. The van der Waals surface area contributed by atoms with Crippen LogP contribution in [0.5, 0.6) is 0 Å². The summed E-state index contributed by atoms with van der Waals surface area (Å²) in [7, 11) is 0. The molecule has 1 heterocycles. The molecule has 162 valence electrons. The molecule has 1 amide bonds. The number of ether oxygens (including phenoxy) is 1. The van der Waals surface area contributed by atoms with Gasteiger partial charge in [-0.1, -0.05) is 44.9 Å². The first kappa shape index (κ1) is 21.1. The summed E-state index contributed by atoms with van der Waals surface area (Å²) < 4.78 is 7.32. The molecule has 1 aliphatic carbocycles. The van der Waals surface area contributed by atoms with Crippen LogP contribution in [0.15, 0.2) is 48.5 Å². The predicted molar refractivity (Wildman–Crippen MR) is 120 cm³/mol. The molecule has 0 bridgehead atoms. The molecule has 1 aromatic heterocycles. The van der Waals surface area contributed by atoms with Crippen molar-refractivity contribution >= 4 is 22.9 Å². The van der Waals surface area contributed by atoms with E-state index in [0.717, 1.165) is 29.9 Å². The van der Waals surface area contributed by atoms with E-state index >= 15 is 0 Å². The summed E-state index contributed by atoms with van der Waals surface area (Å²) in [5, 5.41) is 3.03. The highest BCUT2D eigenvalue weighted by Crippen LogP contribution is 2.29. The molecule has 3 atom stereocenters. The van der Waals surface area contributed by atoms with Gasteiger partial charge in [-0.05, 0) is 55.5 Å². The first-order valence-electron chi connectivity index (χ1n) is 10.9. The van der Waals surface area contributed by atoms with Crippen LogP contribution in [0.25, 0.3) is 16.7 Å². The van der Waals surface area contributed by atoms with E-state index in [1.807, 2.05) is 47.9 Å². The minimum Gasteiger partial charge on any atom is -0.452 e. The van der Waals surface area contributed by atoms with Crippen LogP contribution in [0.4, 0.5) is 0 Å². The van der Waals surface area contributed by atoms with E-state index in [9.17, 15) is 9.59 Å². The van der Waals surface area contributed by atoms with Crippen molar-refractivity contribution in [3.8, 4) is 5.69 Å². The smallest absolute Gasteiger partial charge is 0.338 e. The summed E-state index contributed by atoms with van der Waals surface area (Å²) in [5.74, 6) is 1.09. The molecule has 0 unspecified atom stereocenters. The maximum Gasteiger partial charge on any atom is 0.338 e. The van der Waals surface area contributed by atoms with Gasteiger partial charge >= 0.3 is 5.97 Å². The molecule has 1 saturated carbocycles. The Hall–Kier alpha value is -3.15. The number of nitrogens with zero attached hydrogens (tertiary/aromatic N) is 2. The predicted octanol–water partition coefficient (Wildman–Crippen LogP) is 4.43. The van der Waals surface area contributed by atoms with Crippen molar-refractivity contribution in [3.63, 3.8) is 0 Å². The third-order valence-electron chi connectivity index (χ3n) is 6.46. The Kier molecular flexibility index (Phi) is 6.07. The largest absolute Gasteiger partial charge is 0.452 e. The van der Waals surface area contributed by atoms with Crippen molar-refractivity contribution in [1.29, 1.82) is 0 Å². The minimum absolute atomic E-state index is 0.149. The number of aryl methyl sites for hydroxylation is 1. The van der Waals surface area contributed by atoms with E-state index < -0.39 is 5.97 Å². The van der Waals surface area contributed by atoms with Gasteiger partial charge in [0, 0.05) is 11.7 Å². The summed E-state index contributed by atoms with van der Waals surface area (Å²) in [5.41, 5.74) is 3.03. The van der Waals surface area contributed by atoms with Crippen LogP contribution >= 0.6 is 0 Å². The van der Waals surface area contributed by atoms with Gasteiger partial charge in [-0.25, -0.2) is 9.78 Å². The molecule has 3 aromatic rings. The van der Waals surface area contributed by atoms with Crippen LogP contribution in [0.3, 0.4) is 0 Å². The molecule has 4 rings (SSSR count). The molecule has 6 heteroatoms. The third kappa shape index (κ3) is 4.48. The summed E-state index contributed by atoms with van der Waals surface area (Å²) in [6.45, 7) is 6.06. The fourth-order valence-corrected chi connectivity index (χ4v) is 4.48. The molecular formula is C25H29N3O3. The van der Waals surface area contributed by atoms with Crippen molar-refractivity contribution in [1.82, 2.24) is 14.9 Å². The summed E-state index contributed by atoms with van der Waals surface area (Å²) in [6, 6.07) is 15.4. The summed E-state index contributed by atoms with van der Waals surface area (Å²) in [4.78, 5) is 29.4. The normalized spacial score (nSPS) is 21.1. The number of hydrogen-bond donors (Lipinski definition) is 1. The Labute approximate surface area is 182 Å². The third-order valence-corrected chi connectivity index (χ3v) is 6.46. The van der Waals surface area contributed by atoms with E-state index in [4.69, 9.17) is 4.74 Å². The van der Waals surface area contributed by atoms with Gasteiger partial charge in [-0.2, -0.15) is 0 Å². The van der Waals surface area contributed by atoms with Crippen LogP contribution in [-0.4, -0.2) is 34.1 Å². The molecule has 6 nitrogen and oxygen atoms in total. The average molecular weight is 420 g/mol. The molecule has 2 aromatic carbocycles. The van der Waals surface area contributed by atoms with Gasteiger partial charge in [-0.3, -0.25) is 9.36 Å². The lowest BCUT2D eigenvalue weighted by Crippen LogP contribution is -2.45. The summed E-state index contributed by atoms with van der Waals surface area (Å²) >= 11 is 0. The van der Waals surface area contributed by atoms with E-state index in [0.29, 0.717) is 22.9 Å². The molecule has 1 aliphatic rings. The Balaban J connectivity index is 1.42. The van der Waals surface area contributed by atoms with Crippen molar-refractivity contribution in [2.24, 2.45) is 11.8 Å². The zero-order valence-electron chi connectivity index (χ0n) is 18.3. The molecule has 31 heavy (non-hydrogen) atoms. The van der Waals surface area contributed by atoms with Crippen LogP contribution < -0.4 is 5.32 Å². The lowest BCUT2D eigenvalue weighted by Gasteiger charge is -2.34. The molecular weight excluding hydrogens is 390 g/mol. The van der Waals surface area contributed by atoms with Gasteiger partial charge in [0.05, 0.1) is 16.6 Å². The number of para-hydroxylation sites is 1. The second-order valence-electron chi connectivity index (χ2n) is 8.55. The van der Waals surface area contributed by atoms with Crippen molar-refractivity contribution < 1.29 is 14.3 Å². The molecule has 0 radical (unpaired) electrons.